The first-order chi connectivity index (χ1) is 13.1. The third-order valence-electron chi connectivity index (χ3n) is 2.08. The van der Waals surface area contributed by atoms with Crippen molar-refractivity contribution >= 4 is 13.8 Å². The first-order valence-electron chi connectivity index (χ1n) is 8.69. The maximum absolute atomic E-state index is 9.89. The second-order valence-corrected chi connectivity index (χ2v) is 5.71. The molecule has 0 amide bonds. The van der Waals surface area contributed by atoms with Crippen LogP contribution in [0.3, 0.4) is 0 Å². The van der Waals surface area contributed by atoms with Crippen molar-refractivity contribution in [2.24, 2.45) is 0 Å². The van der Waals surface area contributed by atoms with Crippen LogP contribution >= 0.6 is 7.82 Å². The number of hydrogen-bond acceptors (Lipinski definition) is 9. The lowest BCUT2D eigenvalue weighted by molar-refractivity contribution is -0.135. The van der Waals surface area contributed by atoms with E-state index < -0.39 is 19.6 Å². The van der Waals surface area contributed by atoms with Gasteiger partial charge in [0.1, 0.15) is 0 Å². The summed E-state index contributed by atoms with van der Waals surface area (Å²) in [5.41, 5.74) is 0. The Hall–Kier alpha value is -1.08. The van der Waals surface area contributed by atoms with Crippen LogP contribution in [0, 0.1) is 0 Å². The smallest absolute Gasteiger partial charge is 0.475 e. The van der Waals surface area contributed by atoms with Crippen molar-refractivity contribution in [2.75, 3.05) is 59.1 Å². The summed E-state index contributed by atoms with van der Waals surface area (Å²) in [4.78, 5) is 25.8. The molecule has 0 radical (unpaired) electrons. The fourth-order valence-corrected chi connectivity index (χ4v) is 1.32. The number of phosphoric ester groups is 1. The number of aliphatic hydroxyl groups excluding tert-OH is 3. The number of likely N-dealkylation sites (N-methyl/N-ethyl adjacent to an activating group) is 3. The quantitative estimate of drug-likeness (QED) is 0.0741. The molecule has 0 atom stereocenters. The number of carboxylic acid groups (broad SMARTS) is 1. The zero-order valence-corrected chi connectivity index (χ0v) is 17.8. The number of carboxylic acids is 1. The summed E-state index contributed by atoms with van der Waals surface area (Å²) in [5, 5.41) is 41.2. The number of phosphoric acid groups is 1. The minimum Gasteiger partial charge on any atom is -0.475 e. The van der Waals surface area contributed by atoms with Gasteiger partial charge in [0.2, 0.25) is 5.76 Å². The predicted octanol–water partition coefficient (Wildman–Crippen LogP) is -1.54. The molecule has 13 heteroatoms. The Morgan fingerprint density at radius 3 is 1.21 bits per heavy atom. The molecule has 0 rings (SSSR count). The van der Waals surface area contributed by atoms with Crippen molar-refractivity contribution in [1.82, 2.24) is 16.0 Å². The normalized spacial score (nSPS) is 9.57. The van der Waals surface area contributed by atoms with E-state index in [2.05, 4.69) is 27.1 Å². The molecule has 0 saturated carbocycles. The van der Waals surface area contributed by atoms with E-state index in [-0.39, 0.29) is 19.8 Å². The molecule has 0 aliphatic heterocycles. The Morgan fingerprint density at radius 1 is 0.857 bits per heavy atom. The molecular weight excluding hydrogens is 397 g/mol. The zero-order chi connectivity index (χ0) is 22.8. The van der Waals surface area contributed by atoms with E-state index in [4.69, 9.17) is 30.2 Å². The highest BCUT2D eigenvalue weighted by molar-refractivity contribution is 7.46. The minimum absolute atomic E-state index is 0.244. The van der Waals surface area contributed by atoms with Gasteiger partial charge >= 0.3 is 13.8 Å². The lowest BCUT2D eigenvalue weighted by atomic mass is 10.6. The lowest BCUT2D eigenvalue weighted by Gasteiger charge is -2.03. The van der Waals surface area contributed by atoms with Crippen molar-refractivity contribution in [3.63, 3.8) is 0 Å². The second kappa shape index (κ2) is 28.1. The first-order valence-corrected chi connectivity index (χ1v) is 10.2. The number of nitrogens with one attached hydrogen (secondary N) is 3. The molecule has 12 nitrogen and oxygen atoms in total. The molecule has 0 aromatic carbocycles. The van der Waals surface area contributed by atoms with E-state index in [9.17, 15) is 9.36 Å². The molecule has 0 aromatic heterocycles. The van der Waals surface area contributed by atoms with Gasteiger partial charge in [0, 0.05) is 19.6 Å². The predicted molar refractivity (Wildman–Crippen MR) is 107 cm³/mol. The fourth-order valence-electron chi connectivity index (χ4n) is 0.950. The summed E-state index contributed by atoms with van der Waals surface area (Å²) < 4.78 is 13.5. The van der Waals surface area contributed by atoms with Gasteiger partial charge in [-0.1, -0.05) is 20.8 Å². The highest BCUT2D eigenvalue weighted by Gasteiger charge is 2.19. The molecule has 172 valence electrons. The molecule has 0 fully saturated rings. The molecule has 9 N–H and O–H groups in total. The Bertz CT molecular complexity index is 351. The molecule has 28 heavy (non-hydrogen) atoms. The van der Waals surface area contributed by atoms with E-state index in [1.807, 2.05) is 20.8 Å². The minimum atomic E-state index is -4.76. The van der Waals surface area contributed by atoms with Gasteiger partial charge in [0.25, 0.3) is 0 Å². The summed E-state index contributed by atoms with van der Waals surface area (Å²) in [6.45, 7) is 14.5. The van der Waals surface area contributed by atoms with Crippen LogP contribution in [0.1, 0.15) is 20.8 Å². The Kier molecular flexibility index (Phi) is 34.6. The molecule has 0 heterocycles. The van der Waals surface area contributed by atoms with E-state index >= 15 is 0 Å². The topological polar surface area (TPSA) is 201 Å². The number of carbonyl (C=O) groups is 1. The van der Waals surface area contributed by atoms with Crippen LogP contribution in [0.25, 0.3) is 0 Å². The summed E-state index contributed by atoms with van der Waals surface area (Å²) in [5.74, 6) is -2.59. The molecule has 0 aliphatic carbocycles. The molecule has 0 bridgehead atoms. The van der Waals surface area contributed by atoms with Crippen LogP contribution in [-0.4, -0.2) is 95.3 Å². The van der Waals surface area contributed by atoms with Crippen LogP contribution in [-0.2, 0) is 13.9 Å². The van der Waals surface area contributed by atoms with Crippen LogP contribution in [0.4, 0.5) is 0 Å². The van der Waals surface area contributed by atoms with Crippen LogP contribution in [0.5, 0.6) is 0 Å². The molecule has 0 saturated heterocycles. The van der Waals surface area contributed by atoms with Gasteiger partial charge in [0.15, 0.2) is 0 Å². The van der Waals surface area contributed by atoms with E-state index in [1.165, 1.54) is 0 Å². The van der Waals surface area contributed by atoms with Gasteiger partial charge in [-0.3, -0.25) is 9.79 Å². The largest absolute Gasteiger partial charge is 0.525 e. The van der Waals surface area contributed by atoms with Gasteiger partial charge in [-0.05, 0) is 26.2 Å². The van der Waals surface area contributed by atoms with Gasteiger partial charge in [-0.15, -0.1) is 0 Å². The second-order valence-electron chi connectivity index (χ2n) is 4.54. The van der Waals surface area contributed by atoms with Crippen molar-refractivity contribution in [3.8, 4) is 0 Å². The highest BCUT2D eigenvalue weighted by Crippen LogP contribution is 2.38. The SMILES string of the molecule is C=C(OP(=O)(O)O)C(=O)O.CCNCCO.CCNCCO.CCNCCO. The fraction of sp³-hybridized carbons (Fsp3) is 0.800. The van der Waals surface area contributed by atoms with E-state index in [0.717, 1.165) is 39.3 Å². The molecule has 0 aliphatic rings. The van der Waals surface area contributed by atoms with Crippen molar-refractivity contribution in [3.05, 3.63) is 12.3 Å². The summed E-state index contributed by atoms with van der Waals surface area (Å²) in [6, 6.07) is 0. The molecular formula is C15H38N3O9P. The van der Waals surface area contributed by atoms with Gasteiger partial charge < -0.3 is 40.9 Å². The number of hydrogen-bond donors (Lipinski definition) is 9. The van der Waals surface area contributed by atoms with Crippen LogP contribution in [0.2, 0.25) is 0 Å². The lowest BCUT2D eigenvalue weighted by Crippen LogP contribution is -2.16. The van der Waals surface area contributed by atoms with Crippen molar-refractivity contribution in [1.29, 1.82) is 0 Å². The Balaban J connectivity index is -0.000000142. The van der Waals surface area contributed by atoms with Crippen LogP contribution in [0.15, 0.2) is 12.3 Å². The average molecular weight is 435 g/mol. The standard InChI is InChI=1S/3C4H11NO.C3H5O6P/c3*1-2-5-3-4-6;1-2(3(4)5)9-10(6,7)8/h3*5-6H,2-4H2,1H3;1H2,(H,4,5)(H2,6,7,8). The number of aliphatic carboxylic acids is 1. The molecule has 0 spiro atoms. The van der Waals surface area contributed by atoms with Crippen molar-refractivity contribution in [2.45, 2.75) is 20.8 Å². The van der Waals surface area contributed by atoms with Gasteiger partial charge in [-0.25, -0.2) is 9.36 Å². The van der Waals surface area contributed by atoms with E-state index in [1.54, 1.807) is 0 Å². The summed E-state index contributed by atoms with van der Waals surface area (Å²) in [6.07, 6.45) is 0. The first kappa shape index (κ1) is 34.4. The van der Waals surface area contributed by atoms with Gasteiger partial charge in [-0.2, -0.15) is 0 Å². The summed E-state index contributed by atoms with van der Waals surface area (Å²) >= 11 is 0. The molecule has 0 aromatic rings. The Morgan fingerprint density at radius 2 is 1.14 bits per heavy atom. The van der Waals surface area contributed by atoms with E-state index in [0.29, 0.717) is 0 Å². The van der Waals surface area contributed by atoms with Gasteiger partial charge in [0.05, 0.1) is 19.8 Å². The summed E-state index contributed by atoms with van der Waals surface area (Å²) in [7, 11) is -4.76. The molecule has 0 unspecified atom stereocenters. The maximum atomic E-state index is 9.89. The third kappa shape index (κ3) is 49.8. The van der Waals surface area contributed by atoms with Crippen molar-refractivity contribution < 1.29 is 44.1 Å². The average Bonchev–Trinajstić information content (AvgIpc) is 2.63. The monoisotopic (exact) mass is 435 g/mol. The Labute approximate surface area is 166 Å². The number of rotatable bonds is 12. The third-order valence-corrected chi connectivity index (χ3v) is 2.54. The zero-order valence-electron chi connectivity index (χ0n) is 16.9. The van der Waals surface area contributed by atoms with Crippen LogP contribution < -0.4 is 16.0 Å². The number of aliphatic hydroxyl groups is 3. The highest BCUT2D eigenvalue weighted by atomic mass is 31.2. The maximum Gasteiger partial charge on any atom is 0.525 e.